The summed E-state index contributed by atoms with van der Waals surface area (Å²) in [7, 11) is 0. The van der Waals surface area contributed by atoms with Gasteiger partial charge in [-0.05, 0) is 25.2 Å². The fraction of sp³-hybridized carbons (Fsp3) is 1.00. The zero-order valence-electron chi connectivity index (χ0n) is 10.1. The summed E-state index contributed by atoms with van der Waals surface area (Å²) in [5.74, 6) is 0.559. The van der Waals surface area contributed by atoms with Gasteiger partial charge >= 0.3 is 0 Å². The van der Waals surface area contributed by atoms with E-state index in [1.807, 2.05) is 6.92 Å². The lowest BCUT2D eigenvalue weighted by atomic mass is 9.88. The maximum absolute atomic E-state index is 9.18. The maximum Gasteiger partial charge on any atom is 0.0697 e. The van der Waals surface area contributed by atoms with Crippen molar-refractivity contribution in [2.45, 2.75) is 52.1 Å². The second-order valence-electron chi connectivity index (χ2n) is 4.17. The number of hydrogen-bond acceptors (Lipinski definition) is 3. The van der Waals surface area contributed by atoms with E-state index in [9.17, 15) is 5.11 Å². The molecular weight excluding hydrogens is 192 g/mol. The minimum absolute atomic E-state index is 0.00347. The summed E-state index contributed by atoms with van der Waals surface area (Å²) >= 11 is 0. The molecule has 1 rings (SSSR count). The monoisotopic (exact) mass is 218 g/mol. The van der Waals surface area contributed by atoms with Gasteiger partial charge in [-0.15, -0.1) is 0 Å². The van der Waals surface area contributed by atoms with Crippen molar-refractivity contribution in [3.63, 3.8) is 0 Å². The third-order valence-electron chi connectivity index (χ3n) is 2.65. The largest absolute Gasteiger partial charge is 0.394 e. The Morgan fingerprint density at radius 1 is 1.20 bits per heavy atom. The Bertz CT molecular complexity index is 114. The molecule has 0 saturated heterocycles. The van der Waals surface area contributed by atoms with E-state index in [2.05, 4.69) is 6.92 Å². The molecule has 92 valence electrons. The summed E-state index contributed by atoms with van der Waals surface area (Å²) in [6.07, 6.45) is 5.83. The van der Waals surface area contributed by atoms with Gasteiger partial charge in [0.25, 0.3) is 0 Å². The van der Waals surface area contributed by atoms with Crippen LogP contribution in [0, 0.1) is 5.92 Å². The molecule has 0 amide bonds. The minimum atomic E-state index is 0.00347. The first-order chi connectivity index (χ1) is 7.22. The first-order valence-electron chi connectivity index (χ1n) is 6.09. The van der Waals surface area contributed by atoms with E-state index in [4.69, 9.17) is 9.84 Å². The van der Waals surface area contributed by atoms with Gasteiger partial charge in [-0.3, -0.25) is 0 Å². The summed E-state index contributed by atoms with van der Waals surface area (Å²) < 4.78 is 4.88. The summed E-state index contributed by atoms with van der Waals surface area (Å²) in [5.41, 5.74) is 0. The predicted molar refractivity (Wildman–Crippen MR) is 61.8 cm³/mol. The van der Waals surface area contributed by atoms with Crippen molar-refractivity contribution in [3.8, 4) is 0 Å². The van der Waals surface area contributed by atoms with Crippen LogP contribution < -0.4 is 0 Å². The molecule has 0 radical (unpaired) electrons. The van der Waals surface area contributed by atoms with Gasteiger partial charge in [0.2, 0.25) is 0 Å². The lowest BCUT2D eigenvalue weighted by Crippen LogP contribution is -2.21. The number of hydrogen-bond donors (Lipinski definition) is 2. The van der Waals surface area contributed by atoms with Crippen LogP contribution in [0.25, 0.3) is 0 Å². The van der Waals surface area contributed by atoms with Crippen molar-refractivity contribution in [1.29, 1.82) is 0 Å². The molecule has 0 aliphatic heterocycles. The van der Waals surface area contributed by atoms with Crippen LogP contribution in [0.3, 0.4) is 0 Å². The van der Waals surface area contributed by atoms with Gasteiger partial charge in [0.05, 0.1) is 19.3 Å². The van der Waals surface area contributed by atoms with Crippen LogP contribution in [0.5, 0.6) is 0 Å². The Morgan fingerprint density at radius 3 is 2.27 bits per heavy atom. The molecule has 0 bridgehead atoms. The smallest absolute Gasteiger partial charge is 0.0697 e. The van der Waals surface area contributed by atoms with E-state index in [1.165, 1.54) is 19.3 Å². The zero-order chi connectivity index (χ0) is 11.5. The highest BCUT2D eigenvalue weighted by molar-refractivity contribution is 4.69. The molecule has 0 aromatic heterocycles. The first kappa shape index (κ1) is 14.9. The summed E-state index contributed by atoms with van der Waals surface area (Å²) in [4.78, 5) is 0. The molecule has 1 fully saturated rings. The SMILES string of the molecule is CC1CCCCC1O.CCCOCCO. The number of rotatable bonds is 4. The van der Waals surface area contributed by atoms with Gasteiger partial charge < -0.3 is 14.9 Å². The summed E-state index contributed by atoms with van der Waals surface area (Å²) in [6, 6.07) is 0. The molecule has 15 heavy (non-hydrogen) atoms. The molecule has 1 saturated carbocycles. The average Bonchev–Trinajstić information content (AvgIpc) is 2.24. The van der Waals surface area contributed by atoms with Crippen molar-refractivity contribution in [2.24, 2.45) is 5.92 Å². The highest BCUT2D eigenvalue weighted by Crippen LogP contribution is 2.22. The van der Waals surface area contributed by atoms with Crippen molar-refractivity contribution in [3.05, 3.63) is 0 Å². The summed E-state index contributed by atoms with van der Waals surface area (Å²) in [6.45, 7) is 5.55. The molecule has 0 spiro atoms. The molecule has 1 aliphatic rings. The first-order valence-corrected chi connectivity index (χ1v) is 6.09. The molecule has 0 aromatic carbocycles. The lowest BCUT2D eigenvalue weighted by Gasteiger charge is -2.23. The third kappa shape index (κ3) is 8.85. The fourth-order valence-corrected chi connectivity index (χ4v) is 1.61. The molecule has 2 atom stereocenters. The Balaban J connectivity index is 0.000000265. The minimum Gasteiger partial charge on any atom is -0.394 e. The number of aliphatic hydroxyl groups is 2. The van der Waals surface area contributed by atoms with Crippen LogP contribution in [-0.2, 0) is 4.74 Å². The van der Waals surface area contributed by atoms with Crippen LogP contribution in [0.15, 0.2) is 0 Å². The molecule has 1 aliphatic carbocycles. The second-order valence-corrected chi connectivity index (χ2v) is 4.17. The van der Waals surface area contributed by atoms with Crippen molar-refractivity contribution in [1.82, 2.24) is 0 Å². The molecule has 0 heterocycles. The molecule has 3 heteroatoms. The Labute approximate surface area is 93.5 Å². The van der Waals surface area contributed by atoms with Gasteiger partial charge in [-0.2, -0.15) is 0 Å². The van der Waals surface area contributed by atoms with Gasteiger partial charge in [-0.1, -0.05) is 26.7 Å². The molecule has 2 N–H and O–H groups in total. The Kier molecular flexibility index (Phi) is 10.3. The van der Waals surface area contributed by atoms with E-state index >= 15 is 0 Å². The topological polar surface area (TPSA) is 49.7 Å². The third-order valence-corrected chi connectivity index (χ3v) is 2.65. The van der Waals surface area contributed by atoms with Gasteiger partial charge in [-0.25, -0.2) is 0 Å². The molecule has 2 unspecified atom stereocenters. The van der Waals surface area contributed by atoms with Crippen molar-refractivity contribution < 1.29 is 14.9 Å². The van der Waals surface area contributed by atoms with E-state index in [0.717, 1.165) is 19.4 Å². The zero-order valence-corrected chi connectivity index (χ0v) is 10.1. The average molecular weight is 218 g/mol. The van der Waals surface area contributed by atoms with Gasteiger partial charge in [0, 0.05) is 6.61 Å². The number of aliphatic hydroxyl groups excluding tert-OH is 2. The van der Waals surface area contributed by atoms with E-state index < -0.39 is 0 Å². The lowest BCUT2D eigenvalue weighted by molar-refractivity contribution is 0.0793. The highest BCUT2D eigenvalue weighted by Gasteiger charge is 2.17. The fourth-order valence-electron chi connectivity index (χ4n) is 1.61. The predicted octanol–water partition coefficient (Wildman–Crippen LogP) is 1.96. The van der Waals surface area contributed by atoms with Gasteiger partial charge in [0.1, 0.15) is 0 Å². The normalized spacial score (nSPS) is 25.6. The number of ether oxygens (including phenoxy) is 1. The van der Waals surface area contributed by atoms with Crippen LogP contribution in [0.1, 0.15) is 46.0 Å². The van der Waals surface area contributed by atoms with Crippen LogP contribution in [0.4, 0.5) is 0 Å². The van der Waals surface area contributed by atoms with E-state index in [-0.39, 0.29) is 12.7 Å². The standard InChI is InChI=1S/C7H14O.C5H12O2/c1-6-4-2-3-5-7(6)8;1-2-4-7-5-3-6/h6-8H,2-5H2,1H3;6H,2-5H2,1H3. The second kappa shape index (κ2) is 10.4. The van der Waals surface area contributed by atoms with Crippen LogP contribution in [-0.4, -0.2) is 36.1 Å². The van der Waals surface area contributed by atoms with E-state index in [0.29, 0.717) is 12.5 Å². The van der Waals surface area contributed by atoms with Crippen LogP contribution in [0.2, 0.25) is 0 Å². The quantitative estimate of drug-likeness (QED) is 0.709. The van der Waals surface area contributed by atoms with Gasteiger partial charge in [0.15, 0.2) is 0 Å². The Morgan fingerprint density at radius 2 is 1.87 bits per heavy atom. The summed E-state index contributed by atoms with van der Waals surface area (Å²) in [5, 5.41) is 17.3. The van der Waals surface area contributed by atoms with Crippen molar-refractivity contribution >= 4 is 0 Å². The van der Waals surface area contributed by atoms with E-state index in [1.54, 1.807) is 0 Å². The molecular formula is C12H26O3. The molecule has 0 aromatic rings. The van der Waals surface area contributed by atoms with Crippen molar-refractivity contribution in [2.75, 3.05) is 19.8 Å². The molecule has 3 nitrogen and oxygen atoms in total. The Hall–Kier alpha value is -0.120. The van der Waals surface area contributed by atoms with Crippen LogP contribution >= 0.6 is 0 Å². The highest BCUT2D eigenvalue weighted by atomic mass is 16.5. The maximum atomic E-state index is 9.18.